The number of amides is 3. The van der Waals surface area contributed by atoms with Crippen LogP contribution in [0.4, 0.5) is 13.2 Å². The van der Waals surface area contributed by atoms with Gasteiger partial charge in [0.15, 0.2) is 0 Å². The van der Waals surface area contributed by atoms with Crippen LogP contribution in [0.15, 0.2) is 29.3 Å². The Labute approximate surface area is 165 Å². The number of rotatable bonds is 9. The average molecular weight is 416 g/mol. The standard InChI is InChI=1S/C18H23F3N4O4/c1-17(2,16(23)28)25-15(27)13(4-3-9-22)24-14(26)10-11-5-7-12(8-6-11)29-18(19,20)21/h5-8H,3-4,9-10,22H2,1-2H3,(H2,23,28)(H,25,27)/b24-13+. The van der Waals surface area contributed by atoms with Crippen molar-refractivity contribution < 1.29 is 32.3 Å². The summed E-state index contributed by atoms with van der Waals surface area (Å²) in [5, 5.41) is 2.40. The Kier molecular flexibility index (Phi) is 8.31. The van der Waals surface area contributed by atoms with E-state index < -0.39 is 35.4 Å². The van der Waals surface area contributed by atoms with E-state index >= 15 is 0 Å². The summed E-state index contributed by atoms with van der Waals surface area (Å²) in [5.74, 6) is -2.61. The summed E-state index contributed by atoms with van der Waals surface area (Å²) in [6.45, 7) is 3.06. The minimum absolute atomic E-state index is 0.0985. The van der Waals surface area contributed by atoms with Crippen LogP contribution in [0, 0.1) is 0 Å². The molecule has 0 saturated carbocycles. The number of nitrogens with two attached hydrogens (primary N) is 2. The minimum Gasteiger partial charge on any atom is -0.406 e. The van der Waals surface area contributed by atoms with Crippen molar-refractivity contribution in [3.05, 3.63) is 29.8 Å². The smallest absolute Gasteiger partial charge is 0.406 e. The van der Waals surface area contributed by atoms with Crippen molar-refractivity contribution in [2.75, 3.05) is 6.54 Å². The molecule has 0 fully saturated rings. The van der Waals surface area contributed by atoms with E-state index in [1.54, 1.807) is 0 Å². The summed E-state index contributed by atoms with van der Waals surface area (Å²) in [6.07, 6.45) is -4.59. The molecule has 1 aromatic rings. The molecule has 0 radical (unpaired) electrons. The molecule has 29 heavy (non-hydrogen) atoms. The average Bonchev–Trinajstić information content (AvgIpc) is 2.58. The summed E-state index contributed by atoms with van der Waals surface area (Å²) in [4.78, 5) is 39.7. The third-order valence-electron chi connectivity index (χ3n) is 3.69. The zero-order chi connectivity index (χ0) is 22.2. The van der Waals surface area contributed by atoms with Crippen LogP contribution in [0.3, 0.4) is 0 Å². The van der Waals surface area contributed by atoms with Gasteiger partial charge < -0.3 is 21.5 Å². The topological polar surface area (TPSA) is 137 Å². The Hall–Kier alpha value is -2.95. The first kappa shape index (κ1) is 24.1. The van der Waals surface area contributed by atoms with E-state index in [-0.39, 0.29) is 25.1 Å². The number of benzene rings is 1. The number of nitrogens with zero attached hydrogens (tertiary/aromatic N) is 1. The normalized spacial score (nSPS) is 12.4. The number of carbonyl (C=O) groups excluding carboxylic acids is 3. The highest BCUT2D eigenvalue weighted by atomic mass is 19.4. The van der Waals surface area contributed by atoms with Gasteiger partial charge in [-0.2, -0.15) is 0 Å². The van der Waals surface area contributed by atoms with Crippen LogP contribution in [-0.2, 0) is 20.8 Å². The van der Waals surface area contributed by atoms with Gasteiger partial charge in [-0.05, 0) is 50.9 Å². The molecule has 0 spiro atoms. The summed E-state index contributed by atoms with van der Waals surface area (Å²) in [7, 11) is 0. The van der Waals surface area contributed by atoms with Gasteiger partial charge in [-0.25, -0.2) is 4.99 Å². The van der Waals surface area contributed by atoms with E-state index in [9.17, 15) is 27.6 Å². The Morgan fingerprint density at radius 2 is 1.72 bits per heavy atom. The van der Waals surface area contributed by atoms with E-state index in [1.165, 1.54) is 26.0 Å². The molecule has 1 aromatic carbocycles. The van der Waals surface area contributed by atoms with Gasteiger partial charge in [0.05, 0.1) is 6.42 Å². The lowest BCUT2D eigenvalue weighted by atomic mass is 10.0. The predicted octanol–water partition coefficient (Wildman–Crippen LogP) is 1.21. The third-order valence-corrected chi connectivity index (χ3v) is 3.69. The highest BCUT2D eigenvalue weighted by Crippen LogP contribution is 2.22. The van der Waals surface area contributed by atoms with Gasteiger partial charge in [0.1, 0.15) is 17.0 Å². The number of nitrogens with one attached hydrogen (secondary N) is 1. The van der Waals surface area contributed by atoms with Crippen molar-refractivity contribution in [3.63, 3.8) is 0 Å². The molecule has 0 aliphatic carbocycles. The fraction of sp³-hybridized carbons (Fsp3) is 0.444. The first-order valence-corrected chi connectivity index (χ1v) is 8.61. The maximum absolute atomic E-state index is 12.4. The van der Waals surface area contributed by atoms with Crippen molar-refractivity contribution >= 4 is 23.4 Å². The fourth-order valence-electron chi connectivity index (χ4n) is 2.08. The maximum atomic E-state index is 12.4. The largest absolute Gasteiger partial charge is 0.573 e. The number of hydrogen-bond donors (Lipinski definition) is 3. The molecule has 0 saturated heterocycles. The van der Waals surface area contributed by atoms with Gasteiger partial charge in [0.25, 0.3) is 11.8 Å². The van der Waals surface area contributed by atoms with E-state index in [2.05, 4.69) is 15.0 Å². The van der Waals surface area contributed by atoms with Crippen molar-refractivity contribution in [2.45, 2.75) is 45.0 Å². The summed E-state index contributed by atoms with van der Waals surface area (Å²) in [5.41, 5.74) is 9.55. The van der Waals surface area contributed by atoms with Crippen molar-refractivity contribution in [1.82, 2.24) is 5.32 Å². The van der Waals surface area contributed by atoms with Crippen molar-refractivity contribution in [2.24, 2.45) is 16.5 Å². The van der Waals surface area contributed by atoms with Crippen LogP contribution >= 0.6 is 0 Å². The molecule has 0 unspecified atom stereocenters. The SMILES string of the molecule is CC(C)(NC(=O)/C(CCCN)=N/C(=O)Cc1ccc(OC(F)(F)F)cc1)C(N)=O. The van der Waals surface area contributed by atoms with Crippen LogP contribution in [0.2, 0.25) is 0 Å². The van der Waals surface area contributed by atoms with Crippen molar-refractivity contribution in [3.8, 4) is 5.75 Å². The molecular weight excluding hydrogens is 393 g/mol. The van der Waals surface area contributed by atoms with Gasteiger partial charge in [0, 0.05) is 0 Å². The molecule has 0 bridgehead atoms. The molecule has 0 heterocycles. The number of carbonyl (C=O) groups is 3. The highest BCUT2D eigenvalue weighted by molar-refractivity contribution is 6.40. The Morgan fingerprint density at radius 3 is 2.21 bits per heavy atom. The second-order valence-corrected chi connectivity index (χ2v) is 6.66. The van der Waals surface area contributed by atoms with Gasteiger partial charge in [-0.1, -0.05) is 12.1 Å². The lowest BCUT2D eigenvalue weighted by molar-refractivity contribution is -0.274. The predicted molar refractivity (Wildman–Crippen MR) is 99.0 cm³/mol. The number of hydrogen-bond acceptors (Lipinski definition) is 5. The Morgan fingerprint density at radius 1 is 1.14 bits per heavy atom. The zero-order valence-electron chi connectivity index (χ0n) is 16.0. The molecule has 0 atom stereocenters. The molecule has 3 amide bonds. The van der Waals surface area contributed by atoms with E-state index in [0.29, 0.717) is 12.0 Å². The van der Waals surface area contributed by atoms with Gasteiger partial charge in [-0.3, -0.25) is 14.4 Å². The van der Waals surface area contributed by atoms with Crippen LogP contribution < -0.4 is 21.5 Å². The first-order chi connectivity index (χ1) is 13.3. The number of primary amides is 1. The molecule has 0 aliphatic rings. The van der Waals surface area contributed by atoms with Crippen LogP contribution in [0.25, 0.3) is 0 Å². The van der Waals surface area contributed by atoms with Crippen LogP contribution in [0.1, 0.15) is 32.3 Å². The lowest BCUT2D eigenvalue weighted by Gasteiger charge is -2.22. The van der Waals surface area contributed by atoms with Gasteiger partial charge >= 0.3 is 6.36 Å². The van der Waals surface area contributed by atoms with E-state index in [4.69, 9.17) is 11.5 Å². The van der Waals surface area contributed by atoms with E-state index in [0.717, 1.165) is 12.1 Å². The molecule has 1 rings (SSSR count). The number of alkyl halides is 3. The number of aliphatic imine (C=N–C) groups is 1. The minimum atomic E-state index is -4.81. The molecule has 11 heteroatoms. The van der Waals surface area contributed by atoms with Crippen LogP contribution in [0.5, 0.6) is 5.75 Å². The molecular formula is C18H23F3N4O4. The van der Waals surface area contributed by atoms with Crippen molar-refractivity contribution in [1.29, 1.82) is 0 Å². The number of ether oxygens (including phenoxy) is 1. The molecule has 0 aromatic heterocycles. The highest BCUT2D eigenvalue weighted by Gasteiger charge is 2.31. The number of halogens is 3. The summed E-state index contributed by atoms with van der Waals surface area (Å²) in [6, 6.07) is 4.70. The second-order valence-electron chi connectivity index (χ2n) is 6.66. The Bertz CT molecular complexity index is 774. The summed E-state index contributed by atoms with van der Waals surface area (Å²) < 4.78 is 40.3. The molecule has 160 valence electrons. The molecule has 0 aliphatic heterocycles. The fourth-order valence-corrected chi connectivity index (χ4v) is 2.08. The third kappa shape index (κ3) is 8.73. The zero-order valence-corrected chi connectivity index (χ0v) is 16.0. The first-order valence-electron chi connectivity index (χ1n) is 8.61. The quantitative estimate of drug-likeness (QED) is 0.520. The molecule has 5 N–H and O–H groups in total. The molecule has 8 nitrogen and oxygen atoms in total. The van der Waals surface area contributed by atoms with Gasteiger partial charge in [0.2, 0.25) is 5.91 Å². The monoisotopic (exact) mass is 416 g/mol. The second kappa shape index (κ2) is 10.0. The summed E-state index contributed by atoms with van der Waals surface area (Å²) >= 11 is 0. The van der Waals surface area contributed by atoms with E-state index in [1.807, 2.05) is 0 Å². The maximum Gasteiger partial charge on any atom is 0.573 e. The van der Waals surface area contributed by atoms with Crippen LogP contribution in [-0.4, -0.2) is 41.9 Å². The Balaban J connectivity index is 2.89. The lowest BCUT2D eigenvalue weighted by Crippen LogP contribution is -2.54. The van der Waals surface area contributed by atoms with Gasteiger partial charge in [-0.15, -0.1) is 13.2 Å².